The average Bonchev–Trinajstić information content (AvgIpc) is 2.16. The van der Waals surface area contributed by atoms with Crippen LogP contribution >= 0.6 is 0 Å². The lowest BCUT2D eigenvalue weighted by atomic mass is 10.2. The zero-order chi connectivity index (χ0) is 11.3. The molecule has 0 aliphatic heterocycles. The van der Waals surface area contributed by atoms with E-state index >= 15 is 0 Å². The van der Waals surface area contributed by atoms with Crippen LogP contribution in [-0.4, -0.2) is 25.5 Å². The topological polar surface area (TPSA) is 15.3 Å². The second kappa shape index (κ2) is 5.76. The molecule has 84 valence electrons. The van der Waals surface area contributed by atoms with Crippen molar-refractivity contribution in [3.63, 3.8) is 0 Å². The maximum atomic E-state index is 3.41. The highest BCUT2D eigenvalue weighted by Gasteiger charge is 1.97. The van der Waals surface area contributed by atoms with Crippen molar-refractivity contribution in [2.75, 3.05) is 26.0 Å². The zero-order valence-electron chi connectivity index (χ0n) is 10.2. The Morgan fingerprint density at radius 3 is 2.20 bits per heavy atom. The molecule has 1 aromatic carbocycles. The van der Waals surface area contributed by atoms with Gasteiger partial charge in [-0.1, -0.05) is 26.0 Å². The minimum Gasteiger partial charge on any atom is -0.385 e. The van der Waals surface area contributed by atoms with Crippen LogP contribution in [0.15, 0.2) is 24.3 Å². The van der Waals surface area contributed by atoms with Gasteiger partial charge in [-0.2, -0.15) is 0 Å². The number of nitrogens with zero attached hydrogens (tertiary/aromatic N) is 1. The first kappa shape index (κ1) is 12.1. The molecule has 0 unspecified atom stereocenters. The molecule has 0 aromatic heterocycles. The molecule has 0 saturated heterocycles. The normalized spacial score (nSPS) is 11.1. The minimum absolute atomic E-state index is 0.687. The quantitative estimate of drug-likeness (QED) is 0.797. The van der Waals surface area contributed by atoms with Gasteiger partial charge in [-0.05, 0) is 37.7 Å². The van der Waals surface area contributed by atoms with Crippen molar-refractivity contribution in [3.05, 3.63) is 29.8 Å². The number of rotatable bonds is 5. The summed E-state index contributed by atoms with van der Waals surface area (Å²) in [5.74, 6) is 0.687. The van der Waals surface area contributed by atoms with Gasteiger partial charge < -0.3 is 10.2 Å². The van der Waals surface area contributed by atoms with E-state index < -0.39 is 0 Å². The molecule has 2 nitrogen and oxygen atoms in total. The molecule has 0 heterocycles. The zero-order valence-corrected chi connectivity index (χ0v) is 10.2. The van der Waals surface area contributed by atoms with Gasteiger partial charge in [0.25, 0.3) is 0 Å². The molecule has 0 fully saturated rings. The number of hydrogen-bond acceptors (Lipinski definition) is 2. The van der Waals surface area contributed by atoms with Gasteiger partial charge in [-0.15, -0.1) is 0 Å². The van der Waals surface area contributed by atoms with E-state index in [0.29, 0.717) is 5.92 Å². The highest BCUT2D eigenvalue weighted by Crippen LogP contribution is 2.11. The van der Waals surface area contributed by atoms with Gasteiger partial charge in [0.2, 0.25) is 0 Å². The highest BCUT2D eigenvalue weighted by molar-refractivity contribution is 5.44. The maximum Gasteiger partial charge on any atom is 0.0340 e. The Morgan fingerprint density at radius 1 is 1.13 bits per heavy atom. The van der Waals surface area contributed by atoms with Crippen LogP contribution in [0.25, 0.3) is 0 Å². The first-order valence-electron chi connectivity index (χ1n) is 5.55. The number of benzene rings is 1. The highest BCUT2D eigenvalue weighted by atomic mass is 15.0. The fraction of sp³-hybridized carbons (Fsp3) is 0.538. The molecule has 0 atom stereocenters. The third kappa shape index (κ3) is 4.84. The summed E-state index contributed by atoms with van der Waals surface area (Å²) in [5.41, 5.74) is 2.57. The van der Waals surface area contributed by atoms with E-state index in [1.165, 1.54) is 11.3 Å². The van der Waals surface area contributed by atoms with Gasteiger partial charge in [0, 0.05) is 18.8 Å². The Morgan fingerprint density at radius 2 is 1.73 bits per heavy atom. The van der Waals surface area contributed by atoms with Crippen molar-refractivity contribution in [2.24, 2.45) is 5.92 Å². The second-order valence-electron chi connectivity index (χ2n) is 4.71. The SMILES string of the molecule is CC(C)CNc1ccc(CN(C)C)cc1. The first-order chi connectivity index (χ1) is 7.08. The molecule has 0 aliphatic carbocycles. The van der Waals surface area contributed by atoms with E-state index in [-0.39, 0.29) is 0 Å². The monoisotopic (exact) mass is 206 g/mol. The smallest absolute Gasteiger partial charge is 0.0340 e. The summed E-state index contributed by atoms with van der Waals surface area (Å²) >= 11 is 0. The van der Waals surface area contributed by atoms with E-state index in [2.05, 4.69) is 62.4 Å². The fourth-order valence-electron chi connectivity index (χ4n) is 1.42. The lowest BCUT2D eigenvalue weighted by Crippen LogP contribution is -2.11. The van der Waals surface area contributed by atoms with E-state index in [4.69, 9.17) is 0 Å². The van der Waals surface area contributed by atoms with Crippen molar-refractivity contribution >= 4 is 5.69 Å². The third-order valence-electron chi connectivity index (χ3n) is 2.17. The standard InChI is InChI=1S/C13H22N2/c1-11(2)9-14-13-7-5-12(6-8-13)10-15(3)4/h5-8,11,14H,9-10H2,1-4H3. The van der Waals surface area contributed by atoms with Gasteiger partial charge >= 0.3 is 0 Å². The average molecular weight is 206 g/mol. The summed E-state index contributed by atoms with van der Waals surface area (Å²) in [6, 6.07) is 8.67. The third-order valence-corrected chi connectivity index (χ3v) is 2.17. The van der Waals surface area contributed by atoms with Crippen LogP contribution in [0.2, 0.25) is 0 Å². The molecule has 15 heavy (non-hydrogen) atoms. The second-order valence-corrected chi connectivity index (χ2v) is 4.71. The molecule has 0 aliphatic rings. The summed E-state index contributed by atoms with van der Waals surface area (Å²) in [4.78, 5) is 2.18. The van der Waals surface area contributed by atoms with Crippen LogP contribution in [0.1, 0.15) is 19.4 Å². The van der Waals surface area contributed by atoms with Gasteiger partial charge in [-0.25, -0.2) is 0 Å². The molecule has 2 heteroatoms. The van der Waals surface area contributed by atoms with Crippen LogP contribution in [0.3, 0.4) is 0 Å². The van der Waals surface area contributed by atoms with Crippen molar-refractivity contribution in [1.29, 1.82) is 0 Å². The summed E-state index contributed by atoms with van der Waals surface area (Å²) in [7, 11) is 4.18. The number of anilines is 1. The molecule has 0 spiro atoms. The minimum atomic E-state index is 0.687. The molecule has 0 saturated carbocycles. The van der Waals surface area contributed by atoms with E-state index in [0.717, 1.165) is 13.1 Å². The van der Waals surface area contributed by atoms with Crippen LogP contribution in [0.5, 0.6) is 0 Å². The summed E-state index contributed by atoms with van der Waals surface area (Å²) in [6.45, 7) is 6.47. The van der Waals surface area contributed by atoms with Crippen LogP contribution in [0.4, 0.5) is 5.69 Å². The Kier molecular flexibility index (Phi) is 4.63. The van der Waals surface area contributed by atoms with E-state index in [1.807, 2.05) is 0 Å². The largest absolute Gasteiger partial charge is 0.385 e. The number of nitrogens with one attached hydrogen (secondary N) is 1. The Balaban J connectivity index is 2.49. The van der Waals surface area contributed by atoms with Gasteiger partial charge in [0.15, 0.2) is 0 Å². The van der Waals surface area contributed by atoms with Crippen molar-refractivity contribution in [1.82, 2.24) is 4.90 Å². The van der Waals surface area contributed by atoms with Crippen LogP contribution in [0, 0.1) is 5.92 Å². The molecule has 1 aromatic rings. The summed E-state index contributed by atoms with van der Waals surface area (Å²) in [5, 5.41) is 3.41. The molecule has 1 rings (SSSR count). The Labute approximate surface area is 93.3 Å². The Hall–Kier alpha value is -1.02. The molecule has 0 radical (unpaired) electrons. The molecule has 0 bridgehead atoms. The van der Waals surface area contributed by atoms with Gasteiger partial charge in [0.05, 0.1) is 0 Å². The maximum absolute atomic E-state index is 3.41. The lowest BCUT2D eigenvalue weighted by molar-refractivity contribution is 0.402. The van der Waals surface area contributed by atoms with Crippen molar-refractivity contribution < 1.29 is 0 Å². The molecule has 0 amide bonds. The van der Waals surface area contributed by atoms with Gasteiger partial charge in [0.1, 0.15) is 0 Å². The first-order valence-corrected chi connectivity index (χ1v) is 5.55. The van der Waals surface area contributed by atoms with Gasteiger partial charge in [-0.3, -0.25) is 0 Å². The predicted molar refractivity (Wildman–Crippen MR) is 67.2 cm³/mol. The fourth-order valence-corrected chi connectivity index (χ4v) is 1.42. The van der Waals surface area contributed by atoms with E-state index in [1.54, 1.807) is 0 Å². The number of hydrogen-bond donors (Lipinski definition) is 1. The molecular formula is C13H22N2. The van der Waals surface area contributed by atoms with Crippen molar-refractivity contribution in [3.8, 4) is 0 Å². The van der Waals surface area contributed by atoms with Crippen molar-refractivity contribution in [2.45, 2.75) is 20.4 Å². The summed E-state index contributed by atoms with van der Waals surface area (Å²) in [6.07, 6.45) is 0. The predicted octanol–water partition coefficient (Wildman–Crippen LogP) is 2.82. The molecular weight excluding hydrogens is 184 g/mol. The lowest BCUT2D eigenvalue weighted by Gasteiger charge is -2.12. The van der Waals surface area contributed by atoms with Crippen LogP contribution < -0.4 is 5.32 Å². The van der Waals surface area contributed by atoms with Crippen LogP contribution in [-0.2, 0) is 6.54 Å². The summed E-state index contributed by atoms with van der Waals surface area (Å²) < 4.78 is 0. The van der Waals surface area contributed by atoms with E-state index in [9.17, 15) is 0 Å². The Bertz CT molecular complexity index is 275. The molecule has 1 N–H and O–H groups in total.